The van der Waals surface area contributed by atoms with Crippen molar-refractivity contribution in [2.24, 2.45) is 0 Å². The first-order chi connectivity index (χ1) is 7.16. The number of hydrogen-bond acceptors (Lipinski definition) is 3. The predicted molar refractivity (Wildman–Crippen MR) is 49.3 cm³/mol. The molecule has 0 aromatic heterocycles. The number of benzene rings is 1. The molecule has 0 radical (unpaired) electrons. The molecule has 0 aliphatic carbocycles. The molecule has 0 N–H and O–H groups in total. The molecule has 1 aliphatic rings. The fourth-order valence-electron chi connectivity index (χ4n) is 1.22. The molecule has 0 fully saturated rings. The first-order valence-electron chi connectivity index (χ1n) is 4.34. The molecule has 0 unspecified atom stereocenters. The minimum atomic E-state index is -2.45. The summed E-state index contributed by atoms with van der Waals surface area (Å²) in [4.78, 5) is 9.54. The zero-order chi connectivity index (χ0) is 10.8. The number of nitrogens with zero attached hydrogens (tertiary/aromatic N) is 1. The van der Waals surface area contributed by atoms with Gasteiger partial charge in [-0.3, -0.25) is 0 Å². The molecule has 0 saturated heterocycles. The van der Waals surface area contributed by atoms with Crippen molar-refractivity contribution in [3.05, 3.63) is 41.6 Å². The lowest BCUT2D eigenvalue weighted by Gasteiger charge is -2.02. The van der Waals surface area contributed by atoms with Crippen LogP contribution in [0.2, 0.25) is 0 Å². The second kappa shape index (κ2) is 3.86. The van der Waals surface area contributed by atoms with Crippen molar-refractivity contribution < 1.29 is 18.7 Å². The van der Waals surface area contributed by atoms with Gasteiger partial charge in [-0.1, -0.05) is 29.3 Å². The molecule has 0 bridgehead atoms. The number of halogens is 2. The minimum absolute atomic E-state index is 0.00776. The van der Waals surface area contributed by atoms with E-state index in [1.807, 2.05) is 0 Å². The third-order valence-corrected chi connectivity index (χ3v) is 1.99. The highest BCUT2D eigenvalue weighted by molar-refractivity contribution is 5.59. The van der Waals surface area contributed by atoms with Gasteiger partial charge in [0.15, 0.2) is 5.76 Å². The molecule has 0 spiro atoms. The van der Waals surface area contributed by atoms with Crippen molar-refractivity contribution >= 4 is 5.76 Å². The summed E-state index contributed by atoms with van der Waals surface area (Å²) in [6, 6.07) is 5.86. The maximum Gasteiger partial charge on any atom is 0.263 e. The van der Waals surface area contributed by atoms with E-state index in [1.54, 1.807) is 25.4 Å². The van der Waals surface area contributed by atoms with Gasteiger partial charge in [-0.15, -0.1) is 0 Å². The van der Waals surface area contributed by atoms with Crippen LogP contribution in [0.3, 0.4) is 0 Å². The van der Waals surface area contributed by atoms with Crippen LogP contribution in [-0.4, -0.2) is 12.1 Å². The second-order valence-electron chi connectivity index (χ2n) is 3.12. The highest BCUT2D eigenvalue weighted by Crippen LogP contribution is 2.25. The highest BCUT2D eigenvalue weighted by atomic mass is 19.3. The Balaban J connectivity index is 2.20. The maximum absolute atomic E-state index is 12.3. The first kappa shape index (κ1) is 9.92. The Hall–Kier alpha value is -1.62. The molecule has 0 saturated carbocycles. The molecule has 0 atom stereocenters. The van der Waals surface area contributed by atoms with E-state index >= 15 is 0 Å². The summed E-state index contributed by atoms with van der Waals surface area (Å²) >= 11 is 0. The van der Waals surface area contributed by atoms with Gasteiger partial charge < -0.3 is 4.89 Å². The van der Waals surface area contributed by atoms with Crippen LogP contribution >= 0.6 is 0 Å². The van der Waals surface area contributed by atoms with Crippen LogP contribution in [0.25, 0.3) is 5.76 Å². The van der Waals surface area contributed by atoms with Crippen molar-refractivity contribution in [1.29, 1.82) is 0 Å². The van der Waals surface area contributed by atoms with Gasteiger partial charge >= 0.3 is 0 Å². The average Bonchev–Trinajstić information content (AvgIpc) is 2.65. The van der Waals surface area contributed by atoms with E-state index in [0.717, 1.165) is 0 Å². The molecule has 1 aliphatic heterocycles. The summed E-state index contributed by atoms with van der Waals surface area (Å²) in [6.07, 6.45) is -0.825. The Morgan fingerprint density at radius 1 is 1.20 bits per heavy atom. The molecule has 3 nitrogen and oxygen atoms in total. The van der Waals surface area contributed by atoms with Crippen LogP contribution in [-0.2, 0) is 9.88 Å². The van der Waals surface area contributed by atoms with Crippen molar-refractivity contribution in [3.63, 3.8) is 0 Å². The lowest BCUT2D eigenvalue weighted by molar-refractivity contribution is -0.340. The van der Waals surface area contributed by atoms with E-state index in [-0.39, 0.29) is 5.56 Å². The standard InChI is InChI=1S/C10H9F2NO2/c1-13-6-9(14-15-13)7-2-4-8(5-3-7)10(11)12/h2-6,10H,1H3. The first-order valence-corrected chi connectivity index (χ1v) is 4.34. The van der Waals surface area contributed by atoms with E-state index < -0.39 is 6.43 Å². The molecule has 0 amide bonds. The molecule has 80 valence electrons. The molecular formula is C10H9F2NO2. The summed E-state index contributed by atoms with van der Waals surface area (Å²) < 4.78 is 24.5. The fraction of sp³-hybridized carbons (Fsp3) is 0.200. The van der Waals surface area contributed by atoms with Crippen molar-refractivity contribution in [3.8, 4) is 0 Å². The SMILES string of the molecule is CN1C=C(c2ccc(C(F)F)cc2)OO1. The van der Waals surface area contributed by atoms with Crippen LogP contribution in [0.15, 0.2) is 30.5 Å². The quantitative estimate of drug-likeness (QED) is 0.705. The summed E-state index contributed by atoms with van der Waals surface area (Å²) in [7, 11) is 1.67. The van der Waals surface area contributed by atoms with Crippen molar-refractivity contribution in [1.82, 2.24) is 5.06 Å². The van der Waals surface area contributed by atoms with E-state index in [0.29, 0.717) is 11.3 Å². The van der Waals surface area contributed by atoms with Gasteiger partial charge in [-0.05, 0) is 0 Å². The van der Waals surface area contributed by atoms with Crippen molar-refractivity contribution in [2.45, 2.75) is 6.43 Å². The molecule has 1 aromatic carbocycles. The summed E-state index contributed by atoms with van der Waals surface area (Å²) in [6.45, 7) is 0. The molecule has 2 rings (SSSR count). The smallest absolute Gasteiger partial charge is 0.263 e. The topological polar surface area (TPSA) is 21.7 Å². The Bertz CT molecular complexity index is 376. The Morgan fingerprint density at radius 3 is 2.33 bits per heavy atom. The number of hydroxylamine groups is 2. The Kier molecular flexibility index (Phi) is 2.55. The number of rotatable bonds is 2. The molecular weight excluding hydrogens is 204 g/mol. The predicted octanol–water partition coefficient (Wildman–Crippen LogP) is 2.73. The van der Waals surface area contributed by atoms with Gasteiger partial charge in [0.2, 0.25) is 0 Å². The molecule has 1 heterocycles. The zero-order valence-corrected chi connectivity index (χ0v) is 7.98. The Morgan fingerprint density at radius 2 is 1.87 bits per heavy atom. The maximum atomic E-state index is 12.3. The van der Waals surface area contributed by atoms with E-state index in [4.69, 9.17) is 9.88 Å². The lowest BCUT2D eigenvalue weighted by Crippen LogP contribution is -2.02. The largest absolute Gasteiger partial charge is 0.312 e. The van der Waals surface area contributed by atoms with Crippen molar-refractivity contribution in [2.75, 3.05) is 7.05 Å². The van der Waals surface area contributed by atoms with E-state index in [2.05, 4.69) is 0 Å². The minimum Gasteiger partial charge on any atom is -0.312 e. The van der Waals surface area contributed by atoms with Gasteiger partial charge in [0.1, 0.15) is 0 Å². The van der Waals surface area contributed by atoms with Crippen LogP contribution in [0.5, 0.6) is 0 Å². The van der Waals surface area contributed by atoms with Gasteiger partial charge in [-0.2, -0.15) is 0 Å². The third-order valence-electron chi connectivity index (χ3n) is 1.99. The Labute approximate surface area is 85.4 Å². The highest BCUT2D eigenvalue weighted by Gasteiger charge is 2.15. The number of alkyl halides is 2. The van der Waals surface area contributed by atoms with Gasteiger partial charge in [-0.25, -0.2) is 13.8 Å². The van der Waals surface area contributed by atoms with Crippen LogP contribution in [0.1, 0.15) is 17.6 Å². The normalized spacial score (nSPS) is 15.5. The molecule has 1 aromatic rings. The van der Waals surface area contributed by atoms with Gasteiger partial charge in [0, 0.05) is 18.2 Å². The fourth-order valence-corrected chi connectivity index (χ4v) is 1.22. The van der Waals surface area contributed by atoms with E-state index in [1.165, 1.54) is 17.2 Å². The van der Waals surface area contributed by atoms with E-state index in [9.17, 15) is 8.78 Å². The van der Waals surface area contributed by atoms with Crippen LogP contribution in [0, 0.1) is 0 Å². The second-order valence-corrected chi connectivity index (χ2v) is 3.12. The summed E-state index contributed by atoms with van der Waals surface area (Å²) in [5.41, 5.74) is 0.690. The summed E-state index contributed by atoms with van der Waals surface area (Å²) in [5.74, 6) is 0.498. The van der Waals surface area contributed by atoms with Gasteiger partial charge in [0.25, 0.3) is 6.43 Å². The molecule has 5 heteroatoms. The number of hydrogen-bond donors (Lipinski definition) is 0. The zero-order valence-electron chi connectivity index (χ0n) is 7.98. The average molecular weight is 213 g/mol. The lowest BCUT2D eigenvalue weighted by atomic mass is 10.1. The monoisotopic (exact) mass is 213 g/mol. The third kappa shape index (κ3) is 2.07. The molecule has 15 heavy (non-hydrogen) atoms. The van der Waals surface area contributed by atoms with Gasteiger partial charge in [0.05, 0.1) is 6.20 Å². The van der Waals surface area contributed by atoms with Crippen LogP contribution < -0.4 is 0 Å². The summed E-state index contributed by atoms with van der Waals surface area (Å²) in [5, 5.41) is 1.39. The van der Waals surface area contributed by atoms with Crippen LogP contribution in [0.4, 0.5) is 8.78 Å².